The molecule has 0 saturated heterocycles. The van der Waals surface area contributed by atoms with Crippen LogP contribution in [0, 0.1) is 0 Å². The molecule has 5 nitrogen and oxygen atoms in total. The Hall–Kier alpha value is -2.37. The van der Waals surface area contributed by atoms with Crippen molar-refractivity contribution in [1.29, 1.82) is 0 Å². The molecule has 5 heteroatoms. The van der Waals surface area contributed by atoms with Crippen LogP contribution in [-0.4, -0.2) is 29.3 Å². The minimum atomic E-state index is -0.456. The molecule has 0 aliphatic carbocycles. The molecule has 23 heavy (non-hydrogen) atoms. The van der Waals surface area contributed by atoms with Gasteiger partial charge in [-0.05, 0) is 22.8 Å². The maximum absolute atomic E-state index is 12.0. The fourth-order valence-corrected chi connectivity index (χ4v) is 2.78. The molecule has 1 heterocycles. The first-order valence-corrected chi connectivity index (χ1v) is 7.68. The van der Waals surface area contributed by atoms with E-state index >= 15 is 0 Å². The number of carbonyl (C=O) groups excluding carboxylic acids is 1. The third-order valence-electron chi connectivity index (χ3n) is 3.91. The van der Waals surface area contributed by atoms with Crippen LogP contribution in [-0.2, 0) is 24.4 Å². The van der Waals surface area contributed by atoms with Gasteiger partial charge in [0.2, 0.25) is 0 Å². The average molecular weight is 312 g/mol. The number of fused-ring (bicyclic) bond motifs is 1. The summed E-state index contributed by atoms with van der Waals surface area (Å²) in [6.07, 6.45) is -0.456. The Morgan fingerprint density at radius 2 is 1.96 bits per heavy atom. The maximum atomic E-state index is 12.0. The van der Waals surface area contributed by atoms with Crippen molar-refractivity contribution in [2.75, 3.05) is 18.5 Å². The quantitative estimate of drug-likeness (QED) is 0.891. The van der Waals surface area contributed by atoms with Gasteiger partial charge in [0, 0.05) is 25.3 Å². The third kappa shape index (κ3) is 3.88. The van der Waals surface area contributed by atoms with Gasteiger partial charge in [-0.15, -0.1) is 0 Å². The highest BCUT2D eigenvalue weighted by Gasteiger charge is 2.21. The average Bonchev–Trinajstić information content (AvgIpc) is 2.98. The lowest BCUT2D eigenvalue weighted by molar-refractivity contribution is 0.155. The van der Waals surface area contributed by atoms with Crippen LogP contribution in [0.2, 0.25) is 0 Å². The summed E-state index contributed by atoms with van der Waals surface area (Å²) < 4.78 is 5.26. The van der Waals surface area contributed by atoms with Crippen LogP contribution < -0.4 is 5.32 Å². The molecule has 0 saturated carbocycles. The van der Waals surface area contributed by atoms with E-state index in [1.54, 1.807) is 0 Å². The molecule has 0 atom stereocenters. The molecule has 0 bridgehead atoms. The fraction of sp³-hybridized carbons (Fsp3) is 0.278. The Morgan fingerprint density at radius 1 is 1.13 bits per heavy atom. The second-order valence-electron chi connectivity index (χ2n) is 5.56. The number of anilines is 1. The van der Waals surface area contributed by atoms with E-state index in [9.17, 15) is 4.79 Å². The van der Waals surface area contributed by atoms with Crippen molar-refractivity contribution < 1.29 is 14.6 Å². The number of ether oxygens (including phenoxy) is 1. The van der Waals surface area contributed by atoms with E-state index in [4.69, 9.17) is 9.84 Å². The summed E-state index contributed by atoms with van der Waals surface area (Å²) in [6.45, 7) is 2.54. The van der Waals surface area contributed by atoms with E-state index in [2.05, 4.69) is 10.2 Å². The molecule has 0 radical (unpaired) electrons. The predicted octanol–water partition coefficient (Wildman–Crippen LogP) is 2.74. The van der Waals surface area contributed by atoms with Gasteiger partial charge in [0.15, 0.2) is 0 Å². The second-order valence-corrected chi connectivity index (χ2v) is 5.56. The van der Waals surface area contributed by atoms with Crippen molar-refractivity contribution >= 4 is 11.8 Å². The van der Waals surface area contributed by atoms with E-state index < -0.39 is 6.09 Å². The maximum Gasteiger partial charge on any atom is 0.411 e. The highest BCUT2D eigenvalue weighted by Crippen LogP contribution is 2.29. The van der Waals surface area contributed by atoms with Crippen LogP contribution in [0.25, 0.3) is 0 Å². The zero-order chi connectivity index (χ0) is 16.1. The Morgan fingerprint density at radius 3 is 2.74 bits per heavy atom. The van der Waals surface area contributed by atoms with Crippen molar-refractivity contribution in [3.8, 4) is 0 Å². The number of rotatable bonds is 5. The Bertz CT molecular complexity index is 673. The molecule has 1 aliphatic rings. The Balaban J connectivity index is 1.61. The number of hydrogen-bond acceptors (Lipinski definition) is 4. The molecule has 2 aromatic carbocycles. The monoisotopic (exact) mass is 312 g/mol. The lowest BCUT2D eigenvalue weighted by Gasteiger charge is -2.13. The van der Waals surface area contributed by atoms with Crippen LogP contribution in [0.5, 0.6) is 0 Å². The summed E-state index contributed by atoms with van der Waals surface area (Å²) in [5.41, 5.74) is 4.01. The molecule has 2 aromatic rings. The van der Waals surface area contributed by atoms with Gasteiger partial charge < -0.3 is 9.84 Å². The molecule has 0 spiro atoms. The van der Waals surface area contributed by atoms with Gasteiger partial charge >= 0.3 is 6.09 Å². The first-order chi connectivity index (χ1) is 11.3. The van der Waals surface area contributed by atoms with E-state index in [-0.39, 0.29) is 13.2 Å². The summed E-state index contributed by atoms with van der Waals surface area (Å²) in [6, 6.07) is 15.4. The zero-order valence-corrected chi connectivity index (χ0v) is 12.9. The highest BCUT2D eigenvalue weighted by atomic mass is 16.5. The number of hydrogen-bond donors (Lipinski definition) is 2. The van der Waals surface area contributed by atoms with Crippen LogP contribution in [0.3, 0.4) is 0 Å². The molecule has 0 fully saturated rings. The van der Waals surface area contributed by atoms with Crippen LogP contribution in [0.15, 0.2) is 48.5 Å². The van der Waals surface area contributed by atoms with Gasteiger partial charge in [-0.2, -0.15) is 0 Å². The number of benzene rings is 2. The van der Waals surface area contributed by atoms with Crippen molar-refractivity contribution in [2.24, 2.45) is 0 Å². The van der Waals surface area contributed by atoms with E-state index in [0.29, 0.717) is 6.54 Å². The SMILES string of the molecule is O=C(Nc1cccc2c1CN(CCO)C2)OCc1ccccc1. The minimum Gasteiger partial charge on any atom is -0.444 e. The molecule has 120 valence electrons. The summed E-state index contributed by atoms with van der Waals surface area (Å²) >= 11 is 0. The van der Waals surface area contributed by atoms with E-state index in [1.807, 2.05) is 48.5 Å². The zero-order valence-electron chi connectivity index (χ0n) is 12.9. The van der Waals surface area contributed by atoms with Gasteiger partial charge in [0.05, 0.1) is 6.61 Å². The lowest BCUT2D eigenvalue weighted by Crippen LogP contribution is -2.20. The number of aliphatic hydroxyl groups excluding tert-OH is 1. The number of nitrogens with one attached hydrogen (secondary N) is 1. The van der Waals surface area contributed by atoms with Crippen molar-refractivity contribution in [3.05, 3.63) is 65.2 Å². The topological polar surface area (TPSA) is 61.8 Å². The van der Waals surface area contributed by atoms with Gasteiger partial charge in [-0.1, -0.05) is 42.5 Å². The molecule has 1 aliphatic heterocycles. The van der Waals surface area contributed by atoms with Crippen LogP contribution >= 0.6 is 0 Å². The fourth-order valence-electron chi connectivity index (χ4n) is 2.78. The largest absolute Gasteiger partial charge is 0.444 e. The number of β-amino-alcohol motifs (C(OH)–C–C–N with tert-alkyl or cyclic N) is 1. The standard InChI is InChI=1S/C18H20N2O3/c21-10-9-20-11-15-7-4-8-17(16(15)12-20)19-18(22)23-13-14-5-2-1-3-6-14/h1-8,21H,9-13H2,(H,19,22). The summed E-state index contributed by atoms with van der Waals surface area (Å²) in [7, 11) is 0. The second kappa shape index (κ2) is 7.26. The summed E-state index contributed by atoms with van der Waals surface area (Å²) in [5, 5.41) is 11.9. The molecular formula is C18H20N2O3. The van der Waals surface area contributed by atoms with E-state index in [1.165, 1.54) is 5.56 Å². The van der Waals surface area contributed by atoms with Crippen LogP contribution in [0.1, 0.15) is 16.7 Å². The molecule has 3 rings (SSSR count). The molecular weight excluding hydrogens is 292 g/mol. The molecule has 0 unspecified atom stereocenters. The van der Waals surface area contributed by atoms with Crippen LogP contribution in [0.4, 0.5) is 10.5 Å². The smallest absolute Gasteiger partial charge is 0.411 e. The molecule has 2 N–H and O–H groups in total. The minimum absolute atomic E-state index is 0.135. The van der Waals surface area contributed by atoms with Crippen molar-refractivity contribution in [2.45, 2.75) is 19.7 Å². The first kappa shape index (κ1) is 15.5. The molecule has 0 aromatic heterocycles. The van der Waals surface area contributed by atoms with Crippen molar-refractivity contribution in [1.82, 2.24) is 4.90 Å². The summed E-state index contributed by atoms with van der Waals surface area (Å²) in [4.78, 5) is 14.1. The number of aliphatic hydroxyl groups is 1. The number of carbonyl (C=O) groups is 1. The first-order valence-electron chi connectivity index (χ1n) is 7.68. The summed E-state index contributed by atoms with van der Waals surface area (Å²) in [5.74, 6) is 0. The lowest BCUT2D eigenvalue weighted by atomic mass is 10.1. The number of nitrogens with zero attached hydrogens (tertiary/aromatic N) is 1. The molecule has 1 amide bonds. The predicted molar refractivity (Wildman–Crippen MR) is 87.9 cm³/mol. The van der Waals surface area contributed by atoms with E-state index in [0.717, 1.165) is 29.9 Å². The van der Waals surface area contributed by atoms with Gasteiger partial charge in [-0.3, -0.25) is 10.2 Å². The highest BCUT2D eigenvalue weighted by molar-refractivity contribution is 5.86. The van der Waals surface area contributed by atoms with Gasteiger partial charge in [-0.25, -0.2) is 4.79 Å². The third-order valence-corrected chi connectivity index (χ3v) is 3.91. The van der Waals surface area contributed by atoms with Gasteiger partial charge in [0.1, 0.15) is 6.61 Å². The Labute approximate surface area is 135 Å². The normalized spacial score (nSPS) is 13.6. The van der Waals surface area contributed by atoms with Crippen molar-refractivity contribution in [3.63, 3.8) is 0 Å². The Kier molecular flexibility index (Phi) is 4.90. The van der Waals surface area contributed by atoms with Gasteiger partial charge in [0.25, 0.3) is 0 Å². The number of amides is 1.